The van der Waals surface area contributed by atoms with Crippen molar-refractivity contribution in [3.8, 4) is 16.9 Å². The summed E-state index contributed by atoms with van der Waals surface area (Å²) in [5, 5.41) is 4.94. The smallest absolute Gasteiger partial charge is 0.261 e. The maximum atomic E-state index is 12.5. The van der Waals surface area contributed by atoms with Crippen molar-refractivity contribution in [1.82, 2.24) is 10.3 Å². The number of rotatable bonds is 6. The third kappa shape index (κ3) is 4.41. The van der Waals surface area contributed by atoms with Gasteiger partial charge in [0.05, 0.1) is 0 Å². The van der Waals surface area contributed by atoms with Gasteiger partial charge in [0.15, 0.2) is 6.10 Å². The standard InChI is InChI=1S/C25H22N2O3/c1-17(25(29)27-15-18-7-3-2-4-8-18)30-21-13-19-9-5-6-10-22(19)23(14-21)20-11-12-24(28)26-16-20/h2-14,16-17H,15H2,1H3,(H,26,28)(H,27,29). The first-order valence-corrected chi connectivity index (χ1v) is 9.80. The van der Waals surface area contributed by atoms with Gasteiger partial charge in [-0.05, 0) is 52.6 Å². The number of H-pyrrole nitrogens is 1. The van der Waals surface area contributed by atoms with E-state index in [1.54, 1.807) is 19.2 Å². The molecule has 0 saturated carbocycles. The van der Waals surface area contributed by atoms with Crippen LogP contribution in [0.4, 0.5) is 0 Å². The van der Waals surface area contributed by atoms with Crippen molar-refractivity contribution in [2.75, 3.05) is 0 Å². The normalized spacial score (nSPS) is 11.8. The Hall–Kier alpha value is -3.86. The Morgan fingerprint density at radius 2 is 1.77 bits per heavy atom. The van der Waals surface area contributed by atoms with Crippen molar-refractivity contribution in [1.29, 1.82) is 0 Å². The molecule has 0 aliphatic rings. The molecular formula is C25H22N2O3. The van der Waals surface area contributed by atoms with Crippen LogP contribution in [0.1, 0.15) is 12.5 Å². The first-order chi connectivity index (χ1) is 14.6. The molecule has 1 heterocycles. The van der Waals surface area contributed by atoms with Crippen molar-refractivity contribution in [2.45, 2.75) is 19.6 Å². The van der Waals surface area contributed by atoms with Gasteiger partial charge in [0.25, 0.3) is 5.91 Å². The summed E-state index contributed by atoms with van der Waals surface area (Å²) in [6.45, 7) is 2.18. The Bertz CT molecular complexity index is 1210. The summed E-state index contributed by atoms with van der Waals surface area (Å²) >= 11 is 0. The lowest BCUT2D eigenvalue weighted by Crippen LogP contribution is -2.35. The van der Waals surface area contributed by atoms with Crippen LogP contribution in [0.25, 0.3) is 21.9 Å². The molecule has 0 saturated heterocycles. The minimum atomic E-state index is -0.654. The third-order valence-corrected chi connectivity index (χ3v) is 4.92. The molecule has 1 atom stereocenters. The number of carbonyl (C=O) groups excluding carboxylic acids is 1. The van der Waals surface area contributed by atoms with Crippen molar-refractivity contribution >= 4 is 16.7 Å². The number of carbonyl (C=O) groups is 1. The molecule has 5 heteroatoms. The van der Waals surface area contributed by atoms with Crippen LogP contribution in [0.5, 0.6) is 5.75 Å². The Labute approximate surface area is 174 Å². The summed E-state index contributed by atoms with van der Waals surface area (Å²) in [5.41, 5.74) is 2.68. The largest absolute Gasteiger partial charge is 0.481 e. The van der Waals surface area contributed by atoms with Gasteiger partial charge < -0.3 is 15.0 Å². The highest BCUT2D eigenvalue weighted by molar-refractivity contribution is 5.97. The monoisotopic (exact) mass is 398 g/mol. The Morgan fingerprint density at radius 3 is 2.53 bits per heavy atom. The second-order valence-electron chi connectivity index (χ2n) is 7.10. The lowest BCUT2D eigenvalue weighted by molar-refractivity contribution is -0.127. The van der Waals surface area contributed by atoms with Crippen LogP contribution < -0.4 is 15.6 Å². The van der Waals surface area contributed by atoms with Gasteiger partial charge in [0.2, 0.25) is 5.56 Å². The molecule has 0 spiro atoms. The summed E-state index contributed by atoms with van der Waals surface area (Å²) in [6, 6.07) is 24.8. The Morgan fingerprint density at radius 1 is 1.00 bits per heavy atom. The summed E-state index contributed by atoms with van der Waals surface area (Å²) in [4.78, 5) is 26.7. The van der Waals surface area contributed by atoms with Crippen LogP contribution in [0.2, 0.25) is 0 Å². The molecule has 30 heavy (non-hydrogen) atoms. The van der Waals surface area contributed by atoms with E-state index in [1.807, 2.05) is 66.7 Å². The van der Waals surface area contributed by atoms with Gasteiger partial charge in [-0.25, -0.2) is 0 Å². The highest BCUT2D eigenvalue weighted by atomic mass is 16.5. The molecule has 5 nitrogen and oxygen atoms in total. The SMILES string of the molecule is CC(Oc1cc(-c2ccc(=O)[nH]c2)c2ccccc2c1)C(=O)NCc1ccccc1. The van der Waals surface area contributed by atoms with Gasteiger partial charge in [-0.2, -0.15) is 0 Å². The van der Waals surface area contributed by atoms with Gasteiger partial charge in [-0.15, -0.1) is 0 Å². The van der Waals surface area contributed by atoms with Crippen LogP contribution >= 0.6 is 0 Å². The Kier molecular flexibility index (Phi) is 5.61. The first kappa shape index (κ1) is 19.5. The number of ether oxygens (including phenoxy) is 1. The molecular weight excluding hydrogens is 376 g/mol. The zero-order valence-electron chi connectivity index (χ0n) is 16.6. The number of amides is 1. The van der Waals surface area contributed by atoms with E-state index in [4.69, 9.17) is 4.74 Å². The van der Waals surface area contributed by atoms with Crippen LogP contribution in [-0.2, 0) is 11.3 Å². The topological polar surface area (TPSA) is 71.2 Å². The number of aromatic amines is 1. The second-order valence-corrected chi connectivity index (χ2v) is 7.10. The van der Waals surface area contributed by atoms with Gasteiger partial charge in [-0.1, -0.05) is 54.6 Å². The minimum Gasteiger partial charge on any atom is -0.481 e. The number of hydrogen-bond donors (Lipinski definition) is 2. The number of nitrogens with one attached hydrogen (secondary N) is 2. The van der Waals surface area contributed by atoms with Gasteiger partial charge in [0.1, 0.15) is 5.75 Å². The fourth-order valence-electron chi connectivity index (χ4n) is 3.35. The van der Waals surface area contributed by atoms with Crippen LogP contribution in [0, 0.1) is 0 Å². The summed E-state index contributed by atoms with van der Waals surface area (Å²) < 4.78 is 5.97. The average molecular weight is 398 g/mol. The number of aromatic nitrogens is 1. The molecule has 1 amide bonds. The van der Waals surface area contributed by atoms with E-state index in [0.717, 1.165) is 27.5 Å². The molecule has 0 aliphatic heterocycles. The van der Waals surface area contributed by atoms with E-state index in [2.05, 4.69) is 10.3 Å². The number of fused-ring (bicyclic) bond motifs is 1. The molecule has 3 aromatic carbocycles. The van der Waals surface area contributed by atoms with Crippen molar-refractivity contribution in [3.63, 3.8) is 0 Å². The van der Waals surface area contributed by atoms with Gasteiger partial charge in [0, 0.05) is 18.8 Å². The predicted molar refractivity (Wildman–Crippen MR) is 118 cm³/mol. The highest BCUT2D eigenvalue weighted by Crippen LogP contribution is 2.32. The summed E-state index contributed by atoms with van der Waals surface area (Å²) in [6.07, 6.45) is 1.03. The average Bonchev–Trinajstić information content (AvgIpc) is 2.78. The molecule has 1 unspecified atom stereocenters. The van der Waals surface area contributed by atoms with Crippen molar-refractivity contribution < 1.29 is 9.53 Å². The van der Waals surface area contributed by atoms with Crippen molar-refractivity contribution in [3.05, 3.63) is 101 Å². The highest BCUT2D eigenvalue weighted by Gasteiger charge is 2.16. The molecule has 0 bridgehead atoms. The molecule has 1 aromatic heterocycles. The van der Waals surface area contributed by atoms with Gasteiger partial charge in [-0.3, -0.25) is 9.59 Å². The van der Waals surface area contributed by atoms with Crippen molar-refractivity contribution in [2.24, 2.45) is 0 Å². The van der Waals surface area contributed by atoms with E-state index in [0.29, 0.717) is 12.3 Å². The van der Waals surface area contributed by atoms with E-state index in [-0.39, 0.29) is 11.5 Å². The lowest BCUT2D eigenvalue weighted by Gasteiger charge is -2.17. The number of benzene rings is 3. The fourth-order valence-corrected chi connectivity index (χ4v) is 3.35. The quantitative estimate of drug-likeness (QED) is 0.509. The number of hydrogen-bond acceptors (Lipinski definition) is 3. The first-order valence-electron chi connectivity index (χ1n) is 9.80. The van der Waals surface area contributed by atoms with Gasteiger partial charge >= 0.3 is 0 Å². The molecule has 0 aliphatic carbocycles. The van der Waals surface area contributed by atoms with Crippen LogP contribution in [0.15, 0.2) is 89.9 Å². The molecule has 0 radical (unpaired) electrons. The zero-order chi connectivity index (χ0) is 20.9. The lowest BCUT2D eigenvalue weighted by atomic mass is 9.99. The maximum Gasteiger partial charge on any atom is 0.261 e. The minimum absolute atomic E-state index is 0.154. The molecule has 150 valence electrons. The Balaban J connectivity index is 1.57. The molecule has 2 N–H and O–H groups in total. The fraction of sp³-hybridized carbons (Fsp3) is 0.120. The molecule has 4 rings (SSSR count). The predicted octanol–water partition coefficient (Wildman–Crippen LogP) is 4.28. The third-order valence-electron chi connectivity index (χ3n) is 4.92. The van der Waals surface area contributed by atoms with Crippen LogP contribution in [0.3, 0.4) is 0 Å². The zero-order valence-corrected chi connectivity index (χ0v) is 16.6. The summed E-state index contributed by atoms with van der Waals surface area (Å²) in [5.74, 6) is 0.412. The van der Waals surface area contributed by atoms with E-state index in [1.165, 1.54) is 6.07 Å². The van der Waals surface area contributed by atoms with E-state index in [9.17, 15) is 9.59 Å². The van der Waals surface area contributed by atoms with E-state index < -0.39 is 6.10 Å². The maximum absolute atomic E-state index is 12.5. The van der Waals surface area contributed by atoms with E-state index >= 15 is 0 Å². The number of pyridine rings is 1. The summed E-state index contributed by atoms with van der Waals surface area (Å²) in [7, 11) is 0. The second kappa shape index (κ2) is 8.66. The molecule has 0 fully saturated rings. The van der Waals surface area contributed by atoms with Crippen LogP contribution in [-0.4, -0.2) is 17.0 Å². The molecule has 4 aromatic rings.